The number of hydrogen-bond acceptors (Lipinski definition) is 2. The quantitative estimate of drug-likeness (QED) is 0.903. The van der Waals surface area contributed by atoms with Crippen LogP contribution in [0.25, 0.3) is 0 Å². The number of piperidine rings is 1. The van der Waals surface area contributed by atoms with Crippen LogP contribution in [-0.4, -0.2) is 31.6 Å². The van der Waals surface area contributed by atoms with Gasteiger partial charge in [-0.3, -0.25) is 0 Å². The number of nitrogens with zero attached hydrogens (tertiary/aromatic N) is 1. The van der Waals surface area contributed by atoms with Crippen LogP contribution in [0.3, 0.4) is 0 Å². The molecule has 1 N–H and O–H groups in total. The summed E-state index contributed by atoms with van der Waals surface area (Å²) in [6.45, 7) is 5.06. The van der Waals surface area contributed by atoms with Crippen LogP contribution in [0.5, 0.6) is 0 Å². The molecule has 0 amide bonds. The summed E-state index contributed by atoms with van der Waals surface area (Å²) in [5.74, 6) is -0.729. The summed E-state index contributed by atoms with van der Waals surface area (Å²) < 4.78 is 27.1. The van der Waals surface area contributed by atoms with E-state index >= 15 is 0 Å². The average Bonchev–Trinajstić information content (AvgIpc) is 2.42. The lowest BCUT2D eigenvalue weighted by atomic mass is 9.98. The molecular weight excluding hydrogens is 246 g/mol. The van der Waals surface area contributed by atoms with Crippen molar-refractivity contribution in [3.8, 4) is 0 Å². The second-order valence-electron chi connectivity index (χ2n) is 5.47. The molecule has 2 nitrogen and oxygen atoms in total. The third-order valence-electron chi connectivity index (χ3n) is 4.02. The normalized spacial score (nSPS) is 19.6. The molecular formula is C15H22F2N2. The maximum atomic E-state index is 13.8. The largest absolute Gasteiger partial charge is 0.312 e. The summed E-state index contributed by atoms with van der Waals surface area (Å²) in [4.78, 5) is 2.32. The lowest BCUT2D eigenvalue weighted by molar-refractivity contribution is 0.176. The van der Waals surface area contributed by atoms with Gasteiger partial charge in [-0.2, -0.15) is 0 Å². The third kappa shape index (κ3) is 3.51. The van der Waals surface area contributed by atoms with Crippen LogP contribution in [0, 0.1) is 17.6 Å². The zero-order valence-electron chi connectivity index (χ0n) is 11.6. The number of benzene rings is 1. The van der Waals surface area contributed by atoms with E-state index in [0.29, 0.717) is 5.56 Å². The summed E-state index contributed by atoms with van der Waals surface area (Å²) in [5.41, 5.74) is 0.418. The topological polar surface area (TPSA) is 15.3 Å². The second kappa shape index (κ2) is 6.44. The molecule has 1 fully saturated rings. The molecule has 1 unspecified atom stereocenters. The minimum absolute atomic E-state index is 0.163. The summed E-state index contributed by atoms with van der Waals surface area (Å²) in [7, 11) is 1.79. The first-order chi connectivity index (χ1) is 9.11. The molecule has 0 aromatic heterocycles. The Bertz CT molecular complexity index is 415. The molecule has 1 aliphatic heterocycles. The van der Waals surface area contributed by atoms with Gasteiger partial charge in [0.05, 0.1) is 0 Å². The van der Waals surface area contributed by atoms with Gasteiger partial charge >= 0.3 is 0 Å². The van der Waals surface area contributed by atoms with Crippen molar-refractivity contribution < 1.29 is 8.78 Å². The predicted molar refractivity (Wildman–Crippen MR) is 73.0 cm³/mol. The van der Waals surface area contributed by atoms with Crippen LogP contribution >= 0.6 is 0 Å². The zero-order valence-corrected chi connectivity index (χ0v) is 11.6. The Morgan fingerprint density at radius 3 is 2.63 bits per heavy atom. The smallest absolute Gasteiger partial charge is 0.163 e. The molecule has 0 radical (unpaired) electrons. The molecule has 1 aliphatic rings. The van der Waals surface area contributed by atoms with Crippen molar-refractivity contribution in [2.45, 2.75) is 25.8 Å². The first-order valence-corrected chi connectivity index (χ1v) is 6.95. The predicted octanol–water partition coefficient (Wildman–Crippen LogP) is 2.96. The maximum Gasteiger partial charge on any atom is 0.163 e. The molecule has 0 saturated carbocycles. The lowest BCUT2D eigenvalue weighted by Gasteiger charge is -2.33. The minimum atomic E-state index is -0.773. The monoisotopic (exact) mass is 268 g/mol. The molecule has 0 aliphatic carbocycles. The van der Waals surface area contributed by atoms with Crippen LogP contribution in [0.15, 0.2) is 18.2 Å². The Kier molecular flexibility index (Phi) is 4.88. The molecule has 106 valence electrons. The van der Waals surface area contributed by atoms with Crippen LogP contribution in [0.2, 0.25) is 0 Å². The fourth-order valence-corrected chi connectivity index (χ4v) is 2.64. The van der Waals surface area contributed by atoms with Gasteiger partial charge in [0.1, 0.15) is 0 Å². The fraction of sp³-hybridized carbons (Fsp3) is 0.600. The summed E-state index contributed by atoms with van der Waals surface area (Å²) >= 11 is 0. The standard InChI is InChI=1S/C15H22F2N2/c1-11-6-8-19(9-7-11)10-14(18-2)12-4-3-5-13(16)15(12)17/h3-5,11,14,18H,6-10H2,1-2H3. The van der Waals surface area contributed by atoms with Gasteiger partial charge < -0.3 is 10.2 Å². The van der Waals surface area contributed by atoms with Gasteiger partial charge in [-0.25, -0.2) is 8.78 Å². The van der Waals surface area contributed by atoms with Crippen LogP contribution in [0.1, 0.15) is 31.4 Å². The van der Waals surface area contributed by atoms with Gasteiger partial charge in [-0.05, 0) is 45.0 Å². The van der Waals surface area contributed by atoms with Gasteiger partial charge in [0.25, 0.3) is 0 Å². The lowest BCUT2D eigenvalue weighted by Crippen LogP contribution is -2.39. The van der Waals surface area contributed by atoms with Crippen molar-refractivity contribution >= 4 is 0 Å². The zero-order chi connectivity index (χ0) is 13.8. The Labute approximate surface area is 113 Å². The average molecular weight is 268 g/mol. The van der Waals surface area contributed by atoms with Gasteiger partial charge in [-0.15, -0.1) is 0 Å². The molecule has 4 heteroatoms. The third-order valence-corrected chi connectivity index (χ3v) is 4.02. The van der Waals surface area contributed by atoms with Crippen molar-refractivity contribution in [3.63, 3.8) is 0 Å². The molecule has 19 heavy (non-hydrogen) atoms. The van der Waals surface area contributed by atoms with E-state index in [4.69, 9.17) is 0 Å². The van der Waals surface area contributed by atoms with Gasteiger partial charge in [0, 0.05) is 18.2 Å². The van der Waals surface area contributed by atoms with Gasteiger partial charge in [0.2, 0.25) is 0 Å². The second-order valence-corrected chi connectivity index (χ2v) is 5.47. The van der Waals surface area contributed by atoms with E-state index in [1.54, 1.807) is 19.2 Å². The highest BCUT2D eigenvalue weighted by molar-refractivity contribution is 5.22. The van der Waals surface area contributed by atoms with E-state index in [1.807, 2.05) is 0 Å². The highest BCUT2D eigenvalue weighted by atomic mass is 19.2. The Morgan fingerprint density at radius 2 is 2.00 bits per heavy atom. The fourth-order valence-electron chi connectivity index (χ4n) is 2.64. The molecule has 2 rings (SSSR count). The number of rotatable bonds is 4. The highest BCUT2D eigenvalue weighted by Crippen LogP contribution is 2.23. The summed E-state index contributed by atoms with van der Waals surface area (Å²) in [6.07, 6.45) is 2.37. The van der Waals surface area contributed by atoms with Crippen LogP contribution in [-0.2, 0) is 0 Å². The van der Waals surface area contributed by atoms with Gasteiger partial charge in [-0.1, -0.05) is 19.1 Å². The number of likely N-dealkylation sites (N-methyl/N-ethyl adjacent to an activating group) is 1. The first-order valence-electron chi connectivity index (χ1n) is 6.95. The molecule has 0 spiro atoms. The number of nitrogens with one attached hydrogen (secondary N) is 1. The molecule has 1 aromatic rings. The van der Waals surface area contributed by atoms with Crippen LogP contribution in [0.4, 0.5) is 8.78 Å². The maximum absolute atomic E-state index is 13.8. The van der Waals surface area contributed by atoms with Crippen LogP contribution < -0.4 is 5.32 Å². The van der Waals surface area contributed by atoms with Crippen molar-refractivity contribution in [1.82, 2.24) is 10.2 Å². The summed E-state index contributed by atoms with van der Waals surface area (Å²) in [5, 5.41) is 3.10. The molecule has 1 aromatic carbocycles. The Balaban J connectivity index is 2.05. The first kappa shape index (κ1) is 14.4. The Hall–Kier alpha value is -1.00. The minimum Gasteiger partial charge on any atom is -0.312 e. The van der Waals surface area contributed by atoms with E-state index in [9.17, 15) is 8.78 Å². The number of hydrogen-bond donors (Lipinski definition) is 1. The molecule has 1 saturated heterocycles. The van der Waals surface area contributed by atoms with Crippen molar-refractivity contribution in [1.29, 1.82) is 0 Å². The van der Waals surface area contributed by atoms with Crippen molar-refractivity contribution in [2.75, 3.05) is 26.7 Å². The van der Waals surface area contributed by atoms with E-state index in [0.717, 1.165) is 31.6 Å². The SMILES string of the molecule is CNC(CN1CCC(C)CC1)c1cccc(F)c1F. The summed E-state index contributed by atoms with van der Waals surface area (Å²) in [6, 6.07) is 4.22. The van der Waals surface area contributed by atoms with E-state index in [2.05, 4.69) is 17.1 Å². The number of likely N-dealkylation sites (tertiary alicyclic amines) is 1. The number of halogens is 2. The molecule has 0 bridgehead atoms. The van der Waals surface area contributed by atoms with E-state index in [1.165, 1.54) is 12.8 Å². The highest BCUT2D eigenvalue weighted by Gasteiger charge is 2.22. The molecule has 1 heterocycles. The molecule has 1 atom stereocenters. The van der Waals surface area contributed by atoms with Gasteiger partial charge in [0.15, 0.2) is 11.6 Å². The van der Waals surface area contributed by atoms with E-state index in [-0.39, 0.29) is 6.04 Å². The van der Waals surface area contributed by atoms with E-state index < -0.39 is 11.6 Å². The van der Waals surface area contributed by atoms with Crippen molar-refractivity contribution in [3.05, 3.63) is 35.4 Å². The Morgan fingerprint density at radius 1 is 1.32 bits per heavy atom. The van der Waals surface area contributed by atoms with Crippen molar-refractivity contribution in [2.24, 2.45) is 5.92 Å².